The van der Waals surface area contributed by atoms with Crippen LogP contribution in [0.3, 0.4) is 0 Å². The summed E-state index contributed by atoms with van der Waals surface area (Å²) in [5.74, 6) is 0. The molecule has 0 spiro atoms. The predicted molar refractivity (Wildman–Crippen MR) is 95.9 cm³/mol. The first-order valence-electron chi connectivity index (χ1n) is 7.45. The van der Waals surface area contributed by atoms with Gasteiger partial charge in [-0.1, -0.05) is 54.7 Å². The predicted octanol–water partition coefficient (Wildman–Crippen LogP) is 6.47. The number of aromatic nitrogens is 1. The zero-order chi connectivity index (χ0) is 15.7. The molecular formula is C19H17Cl2N. The fraction of sp³-hybridized carbons (Fsp3) is 0.211. The van der Waals surface area contributed by atoms with Gasteiger partial charge in [0.2, 0.25) is 0 Å². The van der Waals surface area contributed by atoms with E-state index in [4.69, 9.17) is 28.2 Å². The molecule has 0 saturated carbocycles. The van der Waals surface area contributed by atoms with Crippen molar-refractivity contribution in [3.8, 4) is 11.1 Å². The van der Waals surface area contributed by atoms with Gasteiger partial charge in [0.1, 0.15) is 0 Å². The molecule has 0 saturated heterocycles. The molecule has 112 valence electrons. The van der Waals surface area contributed by atoms with Gasteiger partial charge in [-0.15, -0.1) is 0 Å². The van der Waals surface area contributed by atoms with Crippen molar-refractivity contribution in [2.24, 2.45) is 0 Å². The van der Waals surface area contributed by atoms with E-state index in [9.17, 15) is 0 Å². The summed E-state index contributed by atoms with van der Waals surface area (Å²) in [4.78, 5) is 4.75. The molecule has 0 bridgehead atoms. The van der Waals surface area contributed by atoms with Crippen molar-refractivity contribution < 1.29 is 0 Å². The Labute approximate surface area is 140 Å². The fourth-order valence-corrected chi connectivity index (χ4v) is 3.33. The van der Waals surface area contributed by atoms with E-state index in [2.05, 4.69) is 19.9 Å². The molecule has 0 unspecified atom stereocenters. The SMILES string of the molecule is CCCc1c(C)nc2ccc(Cl)cc2c1-c1ccccc1Cl. The molecule has 0 fully saturated rings. The molecule has 3 aromatic rings. The third-order valence-electron chi connectivity index (χ3n) is 3.90. The van der Waals surface area contributed by atoms with Gasteiger partial charge < -0.3 is 0 Å². The normalized spacial score (nSPS) is 11.1. The Morgan fingerprint density at radius 3 is 2.55 bits per heavy atom. The van der Waals surface area contributed by atoms with Gasteiger partial charge in [-0.05, 0) is 48.7 Å². The lowest BCUT2D eigenvalue weighted by Gasteiger charge is -2.16. The lowest BCUT2D eigenvalue weighted by Crippen LogP contribution is -1.99. The Bertz CT molecular complexity index is 840. The van der Waals surface area contributed by atoms with Crippen LogP contribution in [0.25, 0.3) is 22.0 Å². The van der Waals surface area contributed by atoms with Crippen LogP contribution in [-0.2, 0) is 6.42 Å². The minimum Gasteiger partial charge on any atom is -0.253 e. The summed E-state index contributed by atoms with van der Waals surface area (Å²) in [5.41, 5.74) is 5.48. The van der Waals surface area contributed by atoms with Crippen LogP contribution in [0, 0.1) is 6.92 Å². The number of halogens is 2. The summed E-state index contributed by atoms with van der Waals surface area (Å²) in [6, 6.07) is 13.8. The second-order valence-electron chi connectivity index (χ2n) is 5.44. The maximum absolute atomic E-state index is 6.47. The maximum atomic E-state index is 6.47. The van der Waals surface area contributed by atoms with E-state index in [0.717, 1.165) is 45.6 Å². The molecular weight excluding hydrogens is 313 g/mol. The molecule has 2 aromatic carbocycles. The van der Waals surface area contributed by atoms with Crippen LogP contribution in [0.1, 0.15) is 24.6 Å². The molecule has 22 heavy (non-hydrogen) atoms. The minimum absolute atomic E-state index is 0.717. The first kappa shape index (κ1) is 15.3. The van der Waals surface area contributed by atoms with E-state index >= 15 is 0 Å². The molecule has 0 aliphatic rings. The molecule has 1 heterocycles. The van der Waals surface area contributed by atoms with E-state index in [1.807, 2.05) is 36.4 Å². The van der Waals surface area contributed by atoms with E-state index in [-0.39, 0.29) is 0 Å². The number of hydrogen-bond acceptors (Lipinski definition) is 1. The largest absolute Gasteiger partial charge is 0.253 e. The van der Waals surface area contributed by atoms with Gasteiger partial charge in [-0.25, -0.2) is 0 Å². The van der Waals surface area contributed by atoms with Crippen molar-refractivity contribution in [3.05, 3.63) is 63.8 Å². The molecule has 3 rings (SSSR count). The standard InChI is InChI=1S/C19H17Cl2N/c1-3-6-14-12(2)22-18-10-9-13(20)11-16(18)19(14)15-7-4-5-8-17(15)21/h4-5,7-11H,3,6H2,1-2H3. The Morgan fingerprint density at radius 2 is 1.82 bits per heavy atom. The Kier molecular flexibility index (Phi) is 4.37. The summed E-state index contributed by atoms with van der Waals surface area (Å²) in [6.07, 6.45) is 2.04. The van der Waals surface area contributed by atoms with Crippen molar-refractivity contribution in [2.45, 2.75) is 26.7 Å². The topological polar surface area (TPSA) is 12.9 Å². The van der Waals surface area contributed by atoms with E-state index in [1.165, 1.54) is 5.56 Å². The molecule has 1 nitrogen and oxygen atoms in total. The summed E-state index contributed by atoms with van der Waals surface area (Å²) < 4.78 is 0. The number of rotatable bonds is 3. The van der Waals surface area contributed by atoms with Gasteiger partial charge in [-0.2, -0.15) is 0 Å². The molecule has 3 heteroatoms. The third kappa shape index (κ3) is 2.71. The first-order chi connectivity index (χ1) is 10.6. The molecule has 0 aliphatic carbocycles. The summed E-state index contributed by atoms with van der Waals surface area (Å²) >= 11 is 12.7. The average Bonchev–Trinajstić information content (AvgIpc) is 2.50. The number of nitrogens with zero attached hydrogens (tertiary/aromatic N) is 1. The third-order valence-corrected chi connectivity index (χ3v) is 4.46. The van der Waals surface area contributed by atoms with Gasteiger partial charge in [-0.3, -0.25) is 4.98 Å². The van der Waals surface area contributed by atoms with Crippen LogP contribution in [0.2, 0.25) is 10.0 Å². The highest BCUT2D eigenvalue weighted by atomic mass is 35.5. The average molecular weight is 330 g/mol. The number of hydrogen-bond donors (Lipinski definition) is 0. The Morgan fingerprint density at radius 1 is 1.05 bits per heavy atom. The lowest BCUT2D eigenvalue weighted by molar-refractivity contribution is 0.906. The Hall–Kier alpha value is -1.57. The van der Waals surface area contributed by atoms with E-state index < -0.39 is 0 Å². The fourth-order valence-electron chi connectivity index (χ4n) is 2.93. The molecule has 0 aliphatic heterocycles. The van der Waals surface area contributed by atoms with Gasteiger partial charge >= 0.3 is 0 Å². The molecule has 0 amide bonds. The van der Waals surface area contributed by atoms with Crippen LogP contribution in [0.4, 0.5) is 0 Å². The van der Waals surface area contributed by atoms with Gasteiger partial charge in [0.05, 0.1) is 5.52 Å². The van der Waals surface area contributed by atoms with Crippen LogP contribution in [0.15, 0.2) is 42.5 Å². The van der Waals surface area contributed by atoms with Crippen molar-refractivity contribution in [2.75, 3.05) is 0 Å². The second kappa shape index (κ2) is 6.28. The van der Waals surface area contributed by atoms with Crippen molar-refractivity contribution >= 4 is 34.1 Å². The highest BCUT2D eigenvalue weighted by Crippen LogP contribution is 2.38. The maximum Gasteiger partial charge on any atom is 0.0712 e. The van der Waals surface area contributed by atoms with Crippen molar-refractivity contribution in [3.63, 3.8) is 0 Å². The smallest absolute Gasteiger partial charge is 0.0712 e. The highest BCUT2D eigenvalue weighted by Gasteiger charge is 2.16. The molecule has 0 radical (unpaired) electrons. The highest BCUT2D eigenvalue weighted by molar-refractivity contribution is 6.34. The molecule has 0 atom stereocenters. The van der Waals surface area contributed by atoms with Crippen LogP contribution >= 0.6 is 23.2 Å². The van der Waals surface area contributed by atoms with Gasteiger partial charge in [0.15, 0.2) is 0 Å². The first-order valence-corrected chi connectivity index (χ1v) is 8.21. The molecule has 0 N–H and O–H groups in total. The lowest BCUT2D eigenvalue weighted by atomic mass is 9.92. The zero-order valence-corrected chi connectivity index (χ0v) is 14.2. The second-order valence-corrected chi connectivity index (χ2v) is 6.29. The van der Waals surface area contributed by atoms with Crippen LogP contribution < -0.4 is 0 Å². The summed E-state index contributed by atoms with van der Waals surface area (Å²) in [5, 5.41) is 2.54. The van der Waals surface area contributed by atoms with Crippen LogP contribution in [-0.4, -0.2) is 4.98 Å². The van der Waals surface area contributed by atoms with E-state index in [0.29, 0.717) is 5.02 Å². The number of benzene rings is 2. The minimum atomic E-state index is 0.717. The monoisotopic (exact) mass is 329 g/mol. The number of pyridine rings is 1. The quantitative estimate of drug-likeness (QED) is 0.536. The molecule has 1 aromatic heterocycles. The summed E-state index contributed by atoms with van der Waals surface area (Å²) in [6.45, 7) is 4.25. The van der Waals surface area contributed by atoms with Crippen LogP contribution in [0.5, 0.6) is 0 Å². The number of fused-ring (bicyclic) bond motifs is 1. The van der Waals surface area contributed by atoms with Gasteiger partial charge in [0, 0.05) is 26.7 Å². The van der Waals surface area contributed by atoms with Gasteiger partial charge in [0.25, 0.3) is 0 Å². The van der Waals surface area contributed by atoms with Crippen molar-refractivity contribution in [1.82, 2.24) is 4.98 Å². The summed E-state index contributed by atoms with van der Waals surface area (Å²) in [7, 11) is 0. The van der Waals surface area contributed by atoms with E-state index in [1.54, 1.807) is 0 Å². The zero-order valence-electron chi connectivity index (χ0n) is 12.7. The van der Waals surface area contributed by atoms with Crippen molar-refractivity contribution in [1.29, 1.82) is 0 Å². The number of aryl methyl sites for hydroxylation is 1. The Balaban J connectivity index is 2.45.